The van der Waals surface area contributed by atoms with E-state index in [1.165, 1.54) is 40.8 Å². The molecule has 5 aromatic rings. The highest BCUT2D eigenvalue weighted by molar-refractivity contribution is 7.99. The molecular formula is C73H96F5N9O8S4. The second kappa shape index (κ2) is 34.8. The molecular weight excluding hydrogens is 1350 g/mol. The topological polar surface area (TPSA) is 211 Å². The van der Waals surface area contributed by atoms with Crippen LogP contribution in [-0.4, -0.2) is 156 Å². The predicted octanol–water partition coefficient (Wildman–Crippen LogP) is 14.0. The third kappa shape index (κ3) is 22.6. The number of halogens is 5. The first kappa shape index (κ1) is 78.0. The van der Waals surface area contributed by atoms with Gasteiger partial charge in [0, 0.05) is 86.6 Å². The Morgan fingerprint density at radius 3 is 2.21 bits per heavy atom. The number of alkyl halides is 5. The van der Waals surface area contributed by atoms with Crippen LogP contribution < -0.4 is 25.6 Å². The van der Waals surface area contributed by atoms with Crippen molar-refractivity contribution in [1.82, 2.24) is 35.0 Å². The van der Waals surface area contributed by atoms with Crippen LogP contribution in [0.15, 0.2) is 141 Å². The normalized spacial score (nSPS) is 17.0. The number of carbonyl (C=O) groups is 4. The van der Waals surface area contributed by atoms with Crippen LogP contribution in [0, 0.1) is 17.8 Å². The van der Waals surface area contributed by atoms with Gasteiger partial charge in [-0.25, -0.2) is 35.3 Å². The lowest BCUT2D eigenvalue weighted by atomic mass is 9.72. The smallest absolute Gasteiger partial charge is 0.380 e. The summed E-state index contributed by atoms with van der Waals surface area (Å²) in [4.78, 5) is 66.7. The summed E-state index contributed by atoms with van der Waals surface area (Å²) in [7, 11) is -9.21. The lowest BCUT2D eigenvalue weighted by Crippen LogP contribution is -2.48. The zero-order valence-electron chi connectivity index (χ0n) is 57.8. The Hall–Kier alpha value is -6.71. The maximum absolute atomic E-state index is 14.5. The number of sulfonamides is 1. The quantitative estimate of drug-likeness (QED) is 0.0175. The van der Waals surface area contributed by atoms with Gasteiger partial charge in [-0.3, -0.25) is 24.1 Å². The van der Waals surface area contributed by atoms with E-state index in [4.69, 9.17) is 0 Å². The van der Waals surface area contributed by atoms with E-state index in [2.05, 4.69) is 56.1 Å². The Morgan fingerprint density at radius 2 is 1.56 bits per heavy atom. The van der Waals surface area contributed by atoms with Crippen LogP contribution >= 0.6 is 23.1 Å². The molecule has 8 rings (SSSR count). The van der Waals surface area contributed by atoms with Gasteiger partial charge < -0.3 is 30.7 Å². The fraction of sp³-hybridized carbons (Fsp3) is 0.521. The number of carbonyl (C=O) groups excluding carboxylic acids is 4. The minimum atomic E-state index is -6.17. The summed E-state index contributed by atoms with van der Waals surface area (Å²) >= 11 is 2.94. The van der Waals surface area contributed by atoms with Crippen LogP contribution in [0.2, 0.25) is 0 Å². The summed E-state index contributed by atoms with van der Waals surface area (Å²) in [6.07, 6.45) is 5.24. The van der Waals surface area contributed by atoms with Crippen molar-refractivity contribution in [2.75, 3.05) is 81.9 Å². The van der Waals surface area contributed by atoms with Gasteiger partial charge in [0.15, 0.2) is 0 Å². The molecule has 0 radical (unpaired) electrons. The summed E-state index contributed by atoms with van der Waals surface area (Å²) in [5, 5.41) is 9.16. The molecule has 3 aliphatic rings. The number of sulfone groups is 1. The monoisotopic (exact) mass is 1450 g/mol. The molecule has 17 nitrogen and oxygen atoms in total. The summed E-state index contributed by atoms with van der Waals surface area (Å²) in [6, 6.07) is 23.6. The van der Waals surface area contributed by atoms with Crippen LogP contribution in [0.1, 0.15) is 152 Å². The molecule has 2 aliphatic heterocycles. The SMILES string of the molecule is C=C(CCC(F)F)C1=C(CN2CCN(c3ccc(C(=O)NS(=O)(=O)c4ccc(N[C@H](CCN(C)CCCCCCNC(=O)C[C@H](NC(=O)[C@@H]5CCCN5C(=O)CC(C)(C)C)c5ccc(-c6scnc6C)cc5)CSc5ccccc5)c(S(=O)(=O)C(F)(F)F)c4)cc3)CC2)CCC(C)(C)C1. The number of allylic oxidation sites excluding steroid dienone is 2. The number of piperazine rings is 1. The average molecular weight is 1450 g/mol. The number of benzene rings is 4. The lowest BCUT2D eigenvalue weighted by molar-refractivity contribution is -0.140. The van der Waals surface area contributed by atoms with Crippen LogP contribution in [0.5, 0.6) is 0 Å². The number of rotatable bonds is 33. The Balaban J connectivity index is 0.838. The van der Waals surface area contributed by atoms with Gasteiger partial charge in [0.1, 0.15) is 10.9 Å². The van der Waals surface area contributed by atoms with Crippen LogP contribution in [0.3, 0.4) is 0 Å². The van der Waals surface area contributed by atoms with E-state index in [1.807, 2.05) is 94.1 Å². The van der Waals surface area contributed by atoms with Crippen LogP contribution in [0.4, 0.5) is 33.3 Å². The van der Waals surface area contributed by atoms with Crippen molar-refractivity contribution < 1.29 is 58.0 Å². The molecule has 3 atom stereocenters. The maximum atomic E-state index is 14.5. The number of anilines is 2. The zero-order chi connectivity index (χ0) is 71.9. The van der Waals surface area contributed by atoms with Crippen molar-refractivity contribution in [3.63, 3.8) is 0 Å². The van der Waals surface area contributed by atoms with E-state index in [0.717, 1.165) is 94.1 Å². The Labute approximate surface area is 589 Å². The number of aryl methyl sites for hydroxylation is 1. The van der Waals surface area contributed by atoms with Gasteiger partial charge in [0.05, 0.1) is 39.1 Å². The molecule has 4 aromatic carbocycles. The standard InChI is InChI=1S/C73H96F5N9O8S4/c1-50(20-31-65(74)75)60-45-72(6,7)34-32-55(60)47-85-39-41-86(42-40-85)57-27-25-54(26-28-57)69(90)83-99(94,95)59-29-30-61(64(43-59)98(92,93)73(76,77)78)81-56(48-96-58-17-12-11-13-18-58)33-38-84(8)36-15-10-9-14-35-79-66(88)44-62(52-21-23-53(24-22-52)68-51(2)80-49-97-68)82-70(91)63-19-16-37-87(63)67(89)46-71(3,4)5/h11-13,17-18,21-30,43,49,56,62-63,65,81H,1,9-10,14-16,19-20,31-42,44-48H2,2-8H3,(H,79,88)(H,82,91)(H,83,90)/t56-,62+,63+/m1/s1. The van der Waals surface area contributed by atoms with Crippen LogP contribution in [0.25, 0.3) is 10.4 Å². The van der Waals surface area contributed by atoms with Crippen molar-refractivity contribution >= 4 is 78.0 Å². The predicted molar refractivity (Wildman–Crippen MR) is 383 cm³/mol. The third-order valence-electron chi connectivity index (χ3n) is 18.4. The molecule has 4 N–H and O–H groups in total. The number of hydrogen-bond donors (Lipinski definition) is 4. The van der Waals surface area contributed by atoms with Gasteiger partial charge in [-0.05, 0) is 167 Å². The van der Waals surface area contributed by atoms with Gasteiger partial charge in [0.25, 0.3) is 25.8 Å². The molecule has 0 saturated carbocycles. The number of aromatic nitrogens is 1. The minimum Gasteiger partial charge on any atom is -0.380 e. The summed E-state index contributed by atoms with van der Waals surface area (Å²) in [6.45, 7) is 21.9. The molecule has 2 fully saturated rings. The Morgan fingerprint density at radius 1 is 0.859 bits per heavy atom. The van der Waals surface area contributed by atoms with Crippen molar-refractivity contribution in [2.24, 2.45) is 10.8 Å². The first-order chi connectivity index (χ1) is 46.8. The van der Waals surface area contributed by atoms with Gasteiger partial charge >= 0.3 is 5.51 Å². The molecule has 26 heteroatoms. The van der Waals surface area contributed by atoms with E-state index < -0.39 is 71.3 Å². The third-order valence-corrected chi connectivity index (χ3v) is 23.4. The average Bonchev–Trinajstić information content (AvgIpc) is 1.22. The number of amides is 4. The number of unbranched alkanes of at least 4 members (excludes halogenated alkanes) is 3. The molecule has 1 aliphatic carbocycles. The Kier molecular flexibility index (Phi) is 27.4. The van der Waals surface area contributed by atoms with E-state index in [-0.39, 0.29) is 59.1 Å². The number of likely N-dealkylation sites (tertiary alicyclic amines) is 1. The number of hydrogen-bond acceptors (Lipinski definition) is 15. The Bertz CT molecular complexity index is 3840. The van der Waals surface area contributed by atoms with Crippen molar-refractivity contribution in [3.05, 3.63) is 143 Å². The van der Waals surface area contributed by atoms with Crippen molar-refractivity contribution in [3.8, 4) is 10.4 Å². The molecule has 0 spiro atoms. The molecule has 2 saturated heterocycles. The molecule has 1 aromatic heterocycles. The van der Waals surface area contributed by atoms with Gasteiger partial charge in [0.2, 0.25) is 24.1 Å². The second-order valence-corrected chi connectivity index (χ2v) is 33.8. The first-order valence-corrected chi connectivity index (χ1v) is 38.9. The molecule has 3 heterocycles. The fourth-order valence-electron chi connectivity index (χ4n) is 12.8. The zero-order valence-corrected chi connectivity index (χ0v) is 61.1. The van der Waals surface area contributed by atoms with Crippen molar-refractivity contribution in [2.45, 2.75) is 176 Å². The van der Waals surface area contributed by atoms with Crippen molar-refractivity contribution in [1.29, 1.82) is 0 Å². The highest BCUT2D eigenvalue weighted by Gasteiger charge is 2.49. The lowest BCUT2D eigenvalue weighted by Gasteiger charge is -2.39. The minimum absolute atomic E-state index is 0.0132. The highest BCUT2D eigenvalue weighted by Crippen LogP contribution is 2.43. The summed E-state index contributed by atoms with van der Waals surface area (Å²) in [5.74, 6) is -1.40. The van der Waals surface area contributed by atoms with Gasteiger partial charge in [-0.15, -0.1) is 23.1 Å². The number of thioether (sulfide) groups is 1. The summed E-state index contributed by atoms with van der Waals surface area (Å²) in [5.41, 5.74) is 1.77. The van der Waals surface area contributed by atoms with E-state index in [1.54, 1.807) is 22.5 Å². The fourth-order valence-corrected chi connectivity index (χ4v) is 16.6. The van der Waals surface area contributed by atoms with E-state index >= 15 is 0 Å². The highest BCUT2D eigenvalue weighted by atomic mass is 32.2. The van der Waals surface area contributed by atoms with E-state index in [9.17, 15) is 58.0 Å². The largest absolute Gasteiger partial charge is 0.501 e. The van der Waals surface area contributed by atoms with Crippen LogP contribution in [-0.2, 0) is 34.2 Å². The van der Waals surface area contributed by atoms with Gasteiger partial charge in [-0.1, -0.05) is 108 Å². The summed E-state index contributed by atoms with van der Waals surface area (Å²) < 4.78 is 126. The molecule has 4 amide bonds. The first-order valence-electron chi connectivity index (χ1n) is 34.0. The molecule has 0 unspecified atom stereocenters. The van der Waals surface area contributed by atoms with E-state index in [0.29, 0.717) is 97.1 Å². The number of thiazole rings is 1. The molecule has 99 heavy (non-hydrogen) atoms. The molecule has 540 valence electrons. The maximum Gasteiger partial charge on any atom is 0.501 e. The van der Waals surface area contributed by atoms with Gasteiger partial charge in [-0.2, -0.15) is 13.2 Å². The second-order valence-electron chi connectivity index (χ2n) is 28.3. The molecule has 0 bridgehead atoms. The number of nitrogens with zero attached hydrogens (tertiary/aromatic N) is 5. The number of nitrogens with one attached hydrogen (secondary N) is 4.